The molecule has 1 aromatic rings. The van der Waals surface area contributed by atoms with Crippen molar-refractivity contribution in [2.45, 2.75) is 13.5 Å². The Hall–Kier alpha value is -1.72. The van der Waals surface area contributed by atoms with Gasteiger partial charge in [-0.2, -0.15) is 8.78 Å². The number of carboxylic acid groups (broad SMARTS) is 1. The maximum atomic E-state index is 13.0. The highest BCUT2D eigenvalue weighted by Crippen LogP contribution is 2.24. The van der Waals surface area contributed by atoms with Crippen LogP contribution in [0, 0.1) is 12.7 Å². The number of hydrogen-bond donors (Lipinski definition) is 1. The van der Waals surface area contributed by atoms with E-state index in [9.17, 15) is 18.0 Å². The van der Waals surface area contributed by atoms with Crippen LogP contribution in [0.5, 0.6) is 5.75 Å². The first kappa shape index (κ1) is 11.4. The number of aryl methyl sites for hydroxylation is 1. The molecule has 0 aliphatic carbocycles. The lowest BCUT2D eigenvalue weighted by Crippen LogP contribution is -2.08. The number of ether oxygens (including phenoxy) is 1. The van der Waals surface area contributed by atoms with Crippen LogP contribution in [0.4, 0.5) is 13.2 Å². The summed E-state index contributed by atoms with van der Waals surface area (Å²) >= 11 is 0. The van der Waals surface area contributed by atoms with E-state index in [1.165, 1.54) is 6.92 Å². The molecule has 0 heterocycles. The molecule has 82 valence electrons. The van der Waals surface area contributed by atoms with Crippen molar-refractivity contribution >= 4 is 5.97 Å². The molecule has 0 atom stereocenters. The molecule has 0 spiro atoms. The van der Waals surface area contributed by atoms with Crippen LogP contribution in [0.2, 0.25) is 0 Å². The number of hydrogen-bond acceptors (Lipinski definition) is 2. The number of benzene rings is 1. The van der Waals surface area contributed by atoms with Gasteiger partial charge in [0.25, 0.3) is 0 Å². The van der Waals surface area contributed by atoms with Gasteiger partial charge >= 0.3 is 12.6 Å². The molecule has 0 amide bonds. The molecule has 1 aromatic carbocycles. The molecule has 6 heteroatoms. The first-order chi connectivity index (χ1) is 6.91. The molecule has 1 rings (SSSR count). The van der Waals surface area contributed by atoms with Crippen LogP contribution in [0.15, 0.2) is 12.1 Å². The highest BCUT2D eigenvalue weighted by molar-refractivity contribution is 5.91. The fourth-order valence-corrected chi connectivity index (χ4v) is 1.02. The summed E-state index contributed by atoms with van der Waals surface area (Å²) in [7, 11) is 0. The zero-order valence-corrected chi connectivity index (χ0v) is 7.63. The predicted molar refractivity (Wildman–Crippen MR) is 44.7 cm³/mol. The lowest BCUT2D eigenvalue weighted by molar-refractivity contribution is -0.0505. The van der Waals surface area contributed by atoms with Gasteiger partial charge < -0.3 is 9.84 Å². The standard InChI is InChI=1S/C9H7F3O3/c1-4-2-5(8(13)14)7(3-6(4)10)15-9(11)12/h2-3,9H,1H3,(H,13,14). The number of rotatable bonds is 3. The van der Waals surface area contributed by atoms with Crippen LogP contribution in [0.25, 0.3) is 0 Å². The molecule has 0 unspecified atom stereocenters. The zero-order chi connectivity index (χ0) is 11.6. The first-order valence-corrected chi connectivity index (χ1v) is 3.90. The molecule has 0 saturated heterocycles. The van der Waals surface area contributed by atoms with E-state index in [1.807, 2.05) is 0 Å². The molecule has 0 aliphatic rings. The minimum atomic E-state index is -3.19. The van der Waals surface area contributed by atoms with Gasteiger partial charge in [0.1, 0.15) is 17.1 Å². The van der Waals surface area contributed by atoms with Gasteiger partial charge in [-0.3, -0.25) is 0 Å². The van der Waals surface area contributed by atoms with Crippen molar-refractivity contribution in [3.63, 3.8) is 0 Å². The number of carbonyl (C=O) groups is 1. The molecule has 0 saturated carbocycles. The third-order valence-corrected chi connectivity index (χ3v) is 1.71. The van der Waals surface area contributed by atoms with Crippen LogP contribution < -0.4 is 4.74 Å². The fraction of sp³-hybridized carbons (Fsp3) is 0.222. The van der Waals surface area contributed by atoms with Gasteiger partial charge in [0.15, 0.2) is 0 Å². The molecule has 1 N–H and O–H groups in total. The molecule has 15 heavy (non-hydrogen) atoms. The van der Waals surface area contributed by atoms with E-state index < -0.39 is 29.7 Å². The smallest absolute Gasteiger partial charge is 0.387 e. The van der Waals surface area contributed by atoms with Crippen LogP contribution in [0.3, 0.4) is 0 Å². The van der Waals surface area contributed by atoms with Crippen LogP contribution in [-0.4, -0.2) is 17.7 Å². The van der Waals surface area contributed by atoms with Gasteiger partial charge in [-0.15, -0.1) is 0 Å². The van der Waals surface area contributed by atoms with Gasteiger partial charge in [-0.1, -0.05) is 0 Å². The van der Waals surface area contributed by atoms with E-state index in [2.05, 4.69) is 4.74 Å². The van der Waals surface area contributed by atoms with E-state index in [0.717, 1.165) is 6.07 Å². The molecule has 0 radical (unpaired) electrons. The van der Waals surface area contributed by atoms with E-state index in [1.54, 1.807) is 0 Å². The Labute approximate surface area is 83.1 Å². The summed E-state index contributed by atoms with van der Waals surface area (Å²) in [6.45, 7) is -1.86. The Morgan fingerprint density at radius 3 is 2.53 bits per heavy atom. The van der Waals surface area contributed by atoms with E-state index in [-0.39, 0.29) is 5.56 Å². The molecule has 0 aromatic heterocycles. The second-order valence-electron chi connectivity index (χ2n) is 2.78. The summed E-state index contributed by atoms with van der Waals surface area (Å²) in [5.74, 6) is -2.93. The molecule has 0 fully saturated rings. The van der Waals surface area contributed by atoms with Crippen LogP contribution in [0.1, 0.15) is 15.9 Å². The molecule has 0 bridgehead atoms. The highest BCUT2D eigenvalue weighted by atomic mass is 19.3. The van der Waals surface area contributed by atoms with Crippen molar-refractivity contribution in [2.24, 2.45) is 0 Å². The number of carboxylic acids is 1. The van der Waals surface area contributed by atoms with Crippen LogP contribution >= 0.6 is 0 Å². The summed E-state index contributed by atoms with van der Waals surface area (Å²) in [5, 5.41) is 8.65. The Morgan fingerprint density at radius 1 is 1.47 bits per heavy atom. The molecule has 3 nitrogen and oxygen atoms in total. The Balaban J connectivity index is 3.22. The number of halogens is 3. The highest BCUT2D eigenvalue weighted by Gasteiger charge is 2.17. The normalized spacial score (nSPS) is 10.5. The summed E-state index contributed by atoms with van der Waals surface area (Å²) in [6.07, 6.45) is 0. The van der Waals surface area contributed by atoms with Crippen LogP contribution in [-0.2, 0) is 0 Å². The summed E-state index contributed by atoms with van der Waals surface area (Å²) in [6, 6.07) is 1.57. The van der Waals surface area contributed by atoms with E-state index in [4.69, 9.17) is 5.11 Å². The number of alkyl halides is 2. The van der Waals surface area contributed by atoms with Gasteiger partial charge in [-0.25, -0.2) is 9.18 Å². The lowest BCUT2D eigenvalue weighted by atomic mass is 10.1. The zero-order valence-electron chi connectivity index (χ0n) is 7.63. The second-order valence-corrected chi connectivity index (χ2v) is 2.78. The molecular formula is C9H7F3O3. The van der Waals surface area contributed by atoms with Crippen molar-refractivity contribution in [1.29, 1.82) is 0 Å². The Morgan fingerprint density at radius 2 is 2.07 bits per heavy atom. The first-order valence-electron chi connectivity index (χ1n) is 3.90. The minimum absolute atomic E-state index is 0.0500. The average molecular weight is 220 g/mol. The maximum Gasteiger partial charge on any atom is 0.387 e. The molecular weight excluding hydrogens is 213 g/mol. The minimum Gasteiger partial charge on any atom is -0.478 e. The summed E-state index contributed by atoms with van der Waals surface area (Å²) in [4.78, 5) is 10.6. The SMILES string of the molecule is Cc1cc(C(=O)O)c(OC(F)F)cc1F. The largest absolute Gasteiger partial charge is 0.478 e. The second kappa shape index (κ2) is 4.20. The van der Waals surface area contributed by atoms with Crippen molar-refractivity contribution in [2.75, 3.05) is 0 Å². The van der Waals surface area contributed by atoms with E-state index >= 15 is 0 Å². The number of aromatic carboxylic acids is 1. The average Bonchev–Trinajstić information content (AvgIpc) is 2.09. The predicted octanol–water partition coefficient (Wildman–Crippen LogP) is 2.43. The quantitative estimate of drug-likeness (QED) is 0.850. The lowest BCUT2D eigenvalue weighted by Gasteiger charge is -2.09. The van der Waals surface area contributed by atoms with Gasteiger partial charge in [-0.05, 0) is 18.6 Å². The van der Waals surface area contributed by atoms with Crippen molar-refractivity contribution in [1.82, 2.24) is 0 Å². The fourth-order valence-electron chi connectivity index (χ4n) is 1.02. The van der Waals surface area contributed by atoms with Gasteiger partial charge in [0.05, 0.1) is 0 Å². The maximum absolute atomic E-state index is 13.0. The third kappa shape index (κ3) is 2.61. The van der Waals surface area contributed by atoms with Crippen molar-refractivity contribution < 1.29 is 27.8 Å². The van der Waals surface area contributed by atoms with E-state index in [0.29, 0.717) is 6.07 Å². The Kier molecular flexibility index (Phi) is 3.18. The van der Waals surface area contributed by atoms with Crippen molar-refractivity contribution in [3.05, 3.63) is 29.1 Å². The molecule has 0 aliphatic heterocycles. The summed E-state index contributed by atoms with van der Waals surface area (Å²) in [5.41, 5.74) is -0.441. The van der Waals surface area contributed by atoms with Gasteiger partial charge in [0, 0.05) is 6.07 Å². The monoisotopic (exact) mass is 220 g/mol. The summed E-state index contributed by atoms with van der Waals surface area (Å²) < 4.78 is 40.6. The third-order valence-electron chi connectivity index (χ3n) is 1.71. The topological polar surface area (TPSA) is 46.5 Å². The van der Waals surface area contributed by atoms with Crippen molar-refractivity contribution in [3.8, 4) is 5.75 Å². The van der Waals surface area contributed by atoms with Gasteiger partial charge in [0.2, 0.25) is 0 Å². The Bertz CT molecular complexity index is 390.